The number of nitrogens with two attached hydrogens (primary N) is 1. The van der Waals surface area contributed by atoms with E-state index in [1.807, 2.05) is 42.5 Å². The van der Waals surface area contributed by atoms with Crippen molar-refractivity contribution in [1.82, 2.24) is 0 Å². The highest BCUT2D eigenvalue weighted by Crippen LogP contribution is 2.29. The lowest BCUT2D eigenvalue weighted by atomic mass is 9.99. The lowest BCUT2D eigenvalue weighted by molar-refractivity contribution is 0.414. The minimum Gasteiger partial charge on any atom is -0.497 e. The molecule has 0 aromatic heterocycles. The van der Waals surface area contributed by atoms with Gasteiger partial charge in [0, 0.05) is 9.50 Å². The van der Waals surface area contributed by atoms with Gasteiger partial charge in [-0.25, -0.2) is 0 Å². The van der Waals surface area contributed by atoms with Crippen molar-refractivity contribution in [2.45, 2.75) is 6.04 Å². The molecule has 2 aromatic carbocycles. The van der Waals surface area contributed by atoms with Crippen molar-refractivity contribution in [3.63, 3.8) is 0 Å². The van der Waals surface area contributed by atoms with Crippen LogP contribution in [0.4, 0.5) is 0 Å². The summed E-state index contributed by atoms with van der Waals surface area (Å²) in [6.07, 6.45) is 0. The summed E-state index contributed by atoms with van der Waals surface area (Å²) in [7, 11) is 1.64. The van der Waals surface area contributed by atoms with Crippen LogP contribution in [0.25, 0.3) is 0 Å². The van der Waals surface area contributed by atoms with Crippen molar-refractivity contribution in [3.05, 3.63) is 63.1 Å². The molecule has 0 aliphatic rings. The second kappa shape index (κ2) is 5.74. The molecule has 1 atom stereocenters. The molecule has 18 heavy (non-hydrogen) atoms. The monoisotopic (exact) mass is 325 g/mol. The van der Waals surface area contributed by atoms with Gasteiger partial charge in [0.05, 0.1) is 13.2 Å². The normalized spacial score (nSPS) is 12.2. The van der Waals surface area contributed by atoms with E-state index in [1.54, 1.807) is 7.11 Å². The van der Waals surface area contributed by atoms with E-state index in [-0.39, 0.29) is 6.04 Å². The average molecular weight is 327 g/mol. The van der Waals surface area contributed by atoms with Crippen molar-refractivity contribution in [1.29, 1.82) is 0 Å². The van der Waals surface area contributed by atoms with Crippen molar-refractivity contribution in [2.24, 2.45) is 5.73 Å². The van der Waals surface area contributed by atoms with Gasteiger partial charge in [0.1, 0.15) is 5.75 Å². The van der Waals surface area contributed by atoms with Crippen LogP contribution in [0.1, 0.15) is 17.2 Å². The van der Waals surface area contributed by atoms with E-state index in [0.717, 1.165) is 21.3 Å². The van der Waals surface area contributed by atoms with Gasteiger partial charge < -0.3 is 10.5 Å². The number of halogens is 2. The Morgan fingerprint density at radius 3 is 2.44 bits per heavy atom. The molecule has 2 N–H and O–H groups in total. The molecule has 0 aliphatic heterocycles. The number of ether oxygens (including phenoxy) is 1. The number of hydrogen-bond acceptors (Lipinski definition) is 2. The Morgan fingerprint density at radius 1 is 1.17 bits per heavy atom. The molecule has 0 amide bonds. The third kappa shape index (κ3) is 2.86. The van der Waals surface area contributed by atoms with Crippen LogP contribution in [0.15, 0.2) is 46.9 Å². The molecule has 0 aliphatic carbocycles. The Bertz CT molecular complexity index is 542. The zero-order valence-corrected chi connectivity index (χ0v) is 12.2. The number of benzene rings is 2. The maximum Gasteiger partial charge on any atom is 0.118 e. The van der Waals surface area contributed by atoms with Crippen molar-refractivity contribution in [3.8, 4) is 5.75 Å². The van der Waals surface area contributed by atoms with Crippen LogP contribution < -0.4 is 10.5 Å². The predicted octanol–water partition coefficient (Wildman–Crippen LogP) is 4.16. The predicted molar refractivity (Wildman–Crippen MR) is 78.2 cm³/mol. The fourth-order valence-electron chi connectivity index (χ4n) is 1.74. The minimum absolute atomic E-state index is 0.249. The first kappa shape index (κ1) is 13.4. The zero-order valence-electron chi connectivity index (χ0n) is 9.86. The largest absolute Gasteiger partial charge is 0.497 e. The van der Waals surface area contributed by atoms with Gasteiger partial charge in [-0.1, -0.05) is 39.7 Å². The highest BCUT2D eigenvalue weighted by Gasteiger charge is 2.13. The SMILES string of the molecule is COc1ccc(C(N)c2cc(Br)ccc2Cl)cc1. The molecule has 2 rings (SSSR count). The van der Waals surface area contributed by atoms with E-state index in [9.17, 15) is 0 Å². The molecular weight excluding hydrogens is 314 g/mol. The van der Waals surface area contributed by atoms with Gasteiger partial charge in [0.15, 0.2) is 0 Å². The molecule has 2 nitrogen and oxygen atoms in total. The summed E-state index contributed by atoms with van der Waals surface area (Å²) in [5.41, 5.74) is 8.13. The Balaban J connectivity index is 2.34. The highest BCUT2D eigenvalue weighted by atomic mass is 79.9. The lowest BCUT2D eigenvalue weighted by Crippen LogP contribution is -2.12. The summed E-state index contributed by atoms with van der Waals surface area (Å²) < 4.78 is 6.09. The standard InChI is InChI=1S/C14H13BrClNO/c1-18-11-5-2-9(3-6-11)14(17)12-8-10(15)4-7-13(12)16/h2-8,14H,17H2,1H3. The van der Waals surface area contributed by atoms with E-state index in [1.165, 1.54) is 0 Å². The molecule has 0 fully saturated rings. The van der Waals surface area contributed by atoms with Gasteiger partial charge in [-0.3, -0.25) is 0 Å². The van der Waals surface area contributed by atoms with E-state index in [2.05, 4.69) is 15.9 Å². The van der Waals surface area contributed by atoms with Crippen molar-refractivity contribution < 1.29 is 4.74 Å². The fraction of sp³-hybridized carbons (Fsp3) is 0.143. The second-order valence-electron chi connectivity index (χ2n) is 3.92. The average Bonchev–Trinajstić information content (AvgIpc) is 2.41. The molecule has 0 spiro atoms. The van der Waals surface area contributed by atoms with Crippen LogP contribution in [0, 0.1) is 0 Å². The topological polar surface area (TPSA) is 35.2 Å². The highest BCUT2D eigenvalue weighted by molar-refractivity contribution is 9.10. The quantitative estimate of drug-likeness (QED) is 0.919. The van der Waals surface area contributed by atoms with Crippen LogP contribution in [-0.4, -0.2) is 7.11 Å². The molecule has 0 bridgehead atoms. The molecule has 0 saturated carbocycles. The first-order valence-corrected chi connectivity index (χ1v) is 6.63. The van der Waals surface area contributed by atoms with Crippen molar-refractivity contribution in [2.75, 3.05) is 7.11 Å². The van der Waals surface area contributed by atoms with Crippen LogP contribution in [0.3, 0.4) is 0 Å². The molecule has 0 heterocycles. The maximum atomic E-state index is 6.23. The van der Waals surface area contributed by atoms with E-state index in [4.69, 9.17) is 22.1 Å². The van der Waals surface area contributed by atoms with E-state index >= 15 is 0 Å². The first-order valence-electron chi connectivity index (χ1n) is 5.46. The summed E-state index contributed by atoms with van der Waals surface area (Å²) in [5.74, 6) is 0.811. The number of rotatable bonds is 3. The van der Waals surface area contributed by atoms with Crippen molar-refractivity contribution >= 4 is 27.5 Å². The Hall–Kier alpha value is -1.03. The van der Waals surface area contributed by atoms with E-state index < -0.39 is 0 Å². The Morgan fingerprint density at radius 2 is 1.83 bits per heavy atom. The minimum atomic E-state index is -0.249. The van der Waals surface area contributed by atoms with Crippen LogP contribution in [-0.2, 0) is 0 Å². The Kier molecular flexibility index (Phi) is 4.27. The number of methoxy groups -OCH3 is 1. The van der Waals surface area contributed by atoms with Crippen LogP contribution in [0.5, 0.6) is 5.75 Å². The molecule has 2 aromatic rings. The second-order valence-corrected chi connectivity index (χ2v) is 5.24. The van der Waals surface area contributed by atoms with Gasteiger partial charge in [0.2, 0.25) is 0 Å². The smallest absolute Gasteiger partial charge is 0.118 e. The van der Waals surface area contributed by atoms with Gasteiger partial charge >= 0.3 is 0 Å². The number of hydrogen-bond donors (Lipinski definition) is 1. The first-order chi connectivity index (χ1) is 8.61. The molecule has 1 unspecified atom stereocenters. The maximum absolute atomic E-state index is 6.23. The molecular formula is C14H13BrClNO. The summed E-state index contributed by atoms with van der Waals surface area (Å²) >= 11 is 9.60. The van der Waals surface area contributed by atoms with Gasteiger partial charge in [0.25, 0.3) is 0 Å². The molecule has 4 heteroatoms. The molecule has 0 saturated heterocycles. The fourth-order valence-corrected chi connectivity index (χ4v) is 2.36. The van der Waals surface area contributed by atoms with E-state index in [0.29, 0.717) is 5.02 Å². The zero-order chi connectivity index (χ0) is 13.1. The third-order valence-electron chi connectivity index (χ3n) is 2.77. The summed E-state index contributed by atoms with van der Waals surface area (Å²) in [6, 6.07) is 13.1. The molecule has 0 radical (unpaired) electrons. The van der Waals surface area contributed by atoms with Gasteiger partial charge in [-0.15, -0.1) is 0 Å². The third-order valence-corrected chi connectivity index (χ3v) is 3.61. The summed E-state index contributed by atoms with van der Waals surface area (Å²) in [5, 5.41) is 0.668. The molecule has 94 valence electrons. The van der Waals surface area contributed by atoms with Gasteiger partial charge in [-0.2, -0.15) is 0 Å². The van der Waals surface area contributed by atoms with Gasteiger partial charge in [-0.05, 0) is 41.5 Å². The van der Waals surface area contributed by atoms with Crippen LogP contribution in [0.2, 0.25) is 5.02 Å². The lowest BCUT2D eigenvalue weighted by Gasteiger charge is -2.15. The van der Waals surface area contributed by atoms with Crippen LogP contribution >= 0.6 is 27.5 Å². The summed E-state index contributed by atoms with van der Waals surface area (Å²) in [6.45, 7) is 0. The Labute approximate surface area is 120 Å². The summed E-state index contributed by atoms with van der Waals surface area (Å²) in [4.78, 5) is 0.